The number of hydrogen-bond acceptors (Lipinski definition) is 2. The average molecular weight is 321 g/mol. The predicted octanol–water partition coefficient (Wildman–Crippen LogP) is 4.61. The van der Waals surface area contributed by atoms with Crippen molar-refractivity contribution in [3.63, 3.8) is 0 Å². The molecule has 2 aromatic carbocycles. The van der Waals surface area contributed by atoms with E-state index in [1.54, 1.807) is 17.8 Å². The molecule has 0 spiro atoms. The molecule has 3 aromatic rings. The summed E-state index contributed by atoms with van der Waals surface area (Å²) in [5, 5.41) is 1.56. The van der Waals surface area contributed by atoms with Crippen LogP contribution in [0.3, 0.4) is 0 Å². The normalized spacial score (nSPS) is 11.2. The maximum Gasteiger partial charge on any atom is 0.147 e. The standard InChI is InChI=1S/C16H14ClFN2S/c17-11-5-4-10(6-7-19)14(8-11)21-15-9-20-16-12(15)2-1-3-13(16)18/h1-5,8-9,20H,6-7,19H2. The van der Waals surface area contributed by atoms with Gasteiger partial charge in [-0.15, -0.1) is 0 Å². The van der Waals surface area contributed by atoms with E-state index in [-0.39, 0.29) is 5.82 Å². The van der Waals surface area contributed by atoms with E-state index in [1.807, 2.05) is 30.5 Å². The SMILES string of the molecule is NCCc1ccc(Cl)cc1Sc1c[nH]c2c(F)cccc12. The van der Waals surface area contributed by atoms with Crippen molar-refractivity contribution >= 4 is 34.3 Å². The van der Waals surface area contributed by atoms with E-state index in [9.17, 15) is 4.39 Å². The van der Waals surface area contributed by atoms with Gasteiger partial charge in [-0.25, -0.2) is 4.39 Å². The van der Waals surface area contributed by atoms with Crippen molar-refractivity contribution < 1.29 is 4.39 Å². The molecule has 3 N–H and O–H groups in total. The second-order valence-electron chi connectivity index (χ2n) is 4.71. The minimum atomic E-state index is -0.243. The molecule has 5 heteroatoms. The zero-order valence-corrected chi connectivity index (χ0v) is 12.8. The lowest BCUT2D eigenvalue weighted by Gasteiger charge is -2.08. The largest absolute Gasteiger partial charge is 0.358 e. The van der Waals surface area contributed by atoms with Gasteiger partial charge >= 0.3 is 0 Å². The Kier molecular flexibility index (Phi) is 4.19. The highest BCUT2D eigenvalue weighted by atomic mass is 35.5. The Morgan fingerprint density at radius 2 is 2.05 bits per heavy atom. The highest BCUT2D eigenvalue weighted by Gasteiger charge is 2.11. The van der Waals surface area contributed by atoms with Crippen LogP contribution in [-0.4, -0.2) is 11.5 Å². The van der Waals surface area contributed by atoms with Crippen LogP contribution in [0, 0.1) is 5.82 Å². The van der Waals surface area contributed by atoms with Gasteiger partial charge in [-0.1, -0.05) is 41.6 Å². The van der Waals surface area contributed by atoms with E-state index >= 15 is 0 Å². The van der Waals surface area contributed by atoms with E-state index in [0.29, 0.717) is 17.1 Å². The minimum Gasteiger partial charge on any atom is -0.358 e. The van der Waals surface area contributed by atoms with Crippen LogP contribution in [0.1, 0.15) is 5.56 Å². The lowest BCUT2D eigenvalue weighted by atomic mass is 10.1. The van der Waals surface area contributed by atoms with Gasteiger partial charge < -0.3 is 10.7 Å². The summed E-state index contributed by atoms with van der Waals surface area (Å²) < 4.78 is 13.7. The molecule has 0 aliphatic carbocycles. The Hall–Kier alpha value is -1.49. The van der Waals surface area contributed by atoms with Gasteiger partial charge in [-0.05, 0) is 36.7 Å². The molecule has 0 unspecified atom stereocenters. The topological polar surface area (TPSA) is 41.8 Å². The van der Waals surface area contributed by atoms with E-state index in [1.165, 1.54) is 6.07 Å². The maximum atomic E-state index is 13.7. The van der Waals surface area contributed by atoms with Crippen LogP contribution in [0.15, 0.2) is 52.4 Å². The third-order valence-corrected chi connectivity index (χ3v) is 4.68. The summed E-state index contributed by atoms with van der Waals surface area (Å²) in [6.45, 7) is 0.581. The number of nitrogens with one attached hydrogen (secondary N) is 1. The van der Waals surface area contributed by atoms with Gasteiger partial charge in [0.15, 0.2) is 0 Å². The lowest BCUT2D eigenvalue weighted by Crippen LogP contribution is -2.03. The zero-order chi connectivity index (χ0) is 14.8. The van der Waals surface area contributed by atoms with Crippen LogP contribution >= 0.6 is 23.4 Å². The molecule has 0 saturated carbocycles. The van der Waals surface area contributed by atoms with Gasteiger partial charge in [0.2, 0.25) is 0 Å². The van der Waals surface area contributed by atoms with Crippen molar-refractivity contribution in [1.82, 2.24) is 4.98 Å². The molecular formula is C16H14ClFN2S. The molecule has 0 amide bonds. The summed E-state index contributed by atoms with van der Waals surface area (Å²) >= 11 is 7.66. The molecule has 108 valence electrons. The van der Waals surface area contributed by atoms with Gasteiger partial charge in [0, 0.05) is 26.4 Å². The Balaban J connectivity index is 2.02. The molecule has 3 rings (SSSR count). The van der Waals surface area contributed by atoms with Crippen LogP contribution in [0.25, 0.3) is 10.9 Å². The fourth-order valence-corrected chi connectivity index (χ4v) is 3.64. The Labute approximate surface area is 131 Å². The summed E-state index contributed by atoms with van der Waals surface area (Å²) in [5.74, 6) is -0.243. The number of H-pyrrole nitrogens is 1. The first-order valence-electron chi connectivity index (χ1n) is 6.61. The summed E-state index contributed by atoms with van der Waals surface area (Å²) in [4.78, 5) is 5.02. The summed E-state index contributed by atoms with van der Waals surface area (Å²) in [7, 11) is 0. The third-order valence-electron chi connectivity index (χ3n) is 3.29. The molecule has 0 saturated heterocycles. The van der Waals surface area contributed by atoms with Crippen molar-refractivity contribution in [2.24, 2.45) is 5.73 Å². The molecular weight excluding hydrogens is 307 g/mol. The van der Waals surface area contributed by atoms with E-state index in [4.69, 9.17) is 17.3 Å². The van der Waals surface area contributed by atoms with Gasteiger partial charge in [-0.3, -0.25) is 0 Å². The molecule has 2 nitrogen and oxygen atoms in total. The molecule has 1 aromatic heterocycles. The fourth-order valence-electron chi connectivity index (χ4n) is 2.28. The first-order chi connectivity index (χ1) is 10.2. The first-order valence-corrected chi connectivity index (χ1v) is 7.80. The zero-order valence-electron chi connectivity index (χ0n) is 11.2. The summed E-state index contributed by atoms with van der Waals surface area (Å²) in [6, 6.07) is 10.9. The van der Waals surface area contributed by atoms with Crippen LogP contribution in [0.5, 0.6) is 0 Å². The second-order valence-corrected chi connectivity index (χ2v) is 6.23. The Morgan fingerprint density at radius 3 is 2.86 bits per heavy atom. The molecule has 0 aliphatic heterocycles. The van der Waals surface area contributed by atoms with Gasteiger partial charge in [0.1, 0.15) is 5.82 Å². The van der Waals surface area contributed by atoms with Crippen LogP contribution in [-0.2, 0) is 6.42 Å². The summed E-state index contributed by atoms with van der Waals surface area (Å²) in [5.41, 5.74) is 7.33. The molecule has 0 fully saturated rings. The highest BCUT2D eigenvalue weighted by molar-refractivity contribution is 7.99. The number of rotatable bonds is 4. The summed E-state index contributed by atoms with van der Waals surface area (Å²) in [6.07, 6.45) is 2.61. The van der Waals surface area contributed by atoms with E-state index in [0.717, 1.165) is 27.2 Å². The molecule has 1 heterocycles. The molecule has 21 heavy (non-hydrogen) atoms. The van der Waals surface area contributed by atoms with Crippen LogP contribution in [0.4, 0.5) is 4.39 Å². The number of fused-ring (bicyclic) bond motifs is 1. The Bertz CT molecular complexity index is 785. The van der Waals surface area contributed by atoms with E-state index in [2.05, 4.69) is 4.98 Å². The van der Waals surface area contributed by atoms with E-state index < -0.39 is 0 Å². The highest BCUT2D eigenvalue weighted by Crippen LogP contribution is 2.37. The quantitative estimate of drug-likeness (QED) is 0.737. The second kappa shape index (κ2) is 6.10. The number of aromatic nitrogens is 1. The number of benzene rings is 2. The van der Waals surface area contributed by atoms with Gasteiger partial charge in [-0.2, -0.15) is 0 Å². The number of halogens is 2. The molecule has 0 radical (unpaired) electrons. The number of para-hydroxylation sites is 1. The molecule has 0 bridgehead atoms. The average Bonchev–Trinajstić information content (AvgIpc) is 2.87. The minimum absolute atomic E-state index is 0.243. The number of aromatic amines is 1. The van der Waals surface area contributed by atoms with Crippen molar-refractivity contribution in [3.8, 4) is 0 Å². The Morgan fingerprint density at radius 1 is 1.19 bits per heavy atom. The lowest BCUT2D eigenvalue weighted by molar-refractivity contribution is 0.637. The van der Waals surface area contributed by atoms with Crippen molar-refractivity contribution in [1.29, 1.82) is 0 Å². The predicted molar refractivity (Wildman–Crippen MR) is 86.6 cm³/mol. The molecule has 0 atom stereocenters. The number of nitrogens with two attached hydrogens (primary N) is 1. The van der Waals surface area contributed by atoms with Gasteiger partial charge in [0.25, 0.3) is 0 Å². The maximum absolute atomic E-state index is 13.7. The number of hydrogen-bond donors (Lipinski definition) is 2. The smallest absolute Gasteiger partial charge is 0.147 e. The monoisotopic (exact) mass is 320 g/mol. The van der Waals surface area contributed by atoms with Crippen molar-refractivity contribution in [3.05, 3.63) is 59.0 Å². The first kappa shape index (κ1) is 14.4. The van der Waals surface area contributed by atoms with Crippen LogP contribution < -0.4 is 5.73 Å². The molecule has 0 aliphatic rings. The van der Waals surface area contributed by atoms with Crippen molar-refractivity contribution in [2.45, 2.75) is 16.2 Å². The van der Waals surface area contributed by atoms with Crippen LogP contribution in [0.2, 0.25) is 5.02 Å². The van der Waals surface area contributed by atoms with Crippen molar-refractivity contribution in [2.75, 3.05) is 6.54 Å². The van der Waals surface area contributed by atoms with Gasteiger partial charge in [0.05, 0.1) is 5.52 Å². The third kappa shape index (κ3) is 2.93. The fraction of sp³-hybridized carbons (Fsp3) is 0.125.